The summed E-state index contributed by atoms with van der Waals surface area (Å²) in [6.45, 7) is 2.39. The van der Waals surface area contributed by atoms with E-state index in [4.69, 9.17) is 0 Å². The first-order valence-electron chi connectivity index (χ1n) is 10.1. The number of carbonyl (C=O) groups is 2. The minimum Gasteiger partial charge on any atom is -0.352 e. The average molecular weight is 419 g/mol. The second-order valence-electron chi connectivity index (χ2n) is 7.28. The van der Waals surface area contributed by atoms with Crippen LogP contribution in [0.2, 0.25) is 0 Å². The number of halogens is 1. The third kappa shape index (κ3) is 4.85. The van der Waals surface area contributed by atoms with Gasteiger partial charge < -0.3 is 10.6 Å². The van der Waals surface area contributed by atoms with Gasteiger partial charge in [-0.1, -0.05) is 23.4 Å². The molecule has 3 aromatic rings. The summed E-state index contributed by atoms with van der Waals surface area (Å²) in [5, 5.41) is 13.9. The molecule has 2 aromatic carbocycles. The molecule has 1 aromatic heterocycles. The third-order valence-corrected chi connectivity index (χ3v) is 4.83. The van der Waals surface area contributed by atoms with E-state index < -0.39 is 0 Å². The molecule has 0 atom stereocenters. The molecule has 158 valence electrons. The van der Waals surface area contributed by atoms with Crippen LogP contribution in [0.25, 0.3) is 17.8 Å². The molecule has 31 heavy (non-hydrogen) atoms. The minimum absolute atomic E-state index is 0.164. The maximum absolute atomic E-state index is 13.5. The number of hydrogen-bond acceptors (Lipinski definition) is 4. The van der Waals surface area contributed by atoms with Crippen molar-refractivity contribution in [2.24, 2.45) is 0 Å². The quantitative estimate of drug-likeness (QED) is 0.615. The maximum Gasteiger partial charge on any atom is 0.274 e. The average Bonchev–Trinajstić information content (AvgIpc) is 3.48. The maximum atomic E-state index is 13.5. The molecule has 8 heteroatoms. The van der Waals surface area contributed by atoms with Crippen molar-refractivity contribution in [3.63, 3.8) is 0 Å². The van der Waals surface area contributed by atoms with Crippen LogP contribution in [0.5, 0.6) is 0 Å². The predicted octanol–water partition coefficient (Wildman–Crippen LogP) is 3.22. The van der Waals surface area contributed by atoms with E-state index >= 15 is 0 Å². The van der Waals surface area contributed by atoms with Crippen molar-refractivity contribution in [3.8, 4) is 5.69 Å². The Bertz CT molecular complexity index is 1130. The smallest absolute Gasteiger partial charge is 0.274 e. The summed E-state index contributed by atoms with van der Waals surface area (Å²) >= 11 is 0. The zero-order valence-electron chi connectivity index (χ0n) is 17.0. The molecule has 0 unspecified atom stereocenters. The highest BCUT2D eigenvalue weighted by Crippen LogP contribution is 2.21. The van der Waals surface area contributed by atoms with E-state index in [1.807, 2.05) is 6.92 Å². The monoisotopic (exact) mass is 419 g/mol. The summed E-state index contributed by atoms with van der Waals surface area (Å²) in [6.07, 6.45) is 5.30. The lowest BCUT2D eigenvalue weighted by atomic mass is 10.1. The lowest BCUT2D eigenvalue weighted by Gasteiger charge is -2.07. The minimum atomic E-state index is -0.346. The van der Waals surface area contributed by atoms with Gasteiger partial charge in [-0.3, -0.25) is 9.59 Å². The standard InChI is InChI=1S/C23H22FN5O2/c1-2-25-22(30)16-7-11-19(12-8-16)29-20(13-6-15-4-3-5-17(24)14-15)21(27-28-29)23(31)26-18-9-10-18/h3-8,11-14,18H,2,9-10H2,1H3,(H,25,30)(H,26,31)/b13-6+. The van der Waals surface area contributed by atoms with Gasteiger partial charge in [-0.2, -0.15) is 0 Å². The number of amides is 2. The Morgan fingerprint density at radius 3 is 2.58 bits per heavy atom. The number of nitrogens with one attached hydrogen (secondary N) is 2. The molecule has 1 heterocycles. The van der Waals surface area contributed by atoms with Crippen LogP contribution in [0.1, 0.15) is 51.9 Å². The van der Waals surface area contributed by atoms with Crippen molar-refractivity contribution < 1.29 is 14.0 Å². The van der Waals surface area contributed by atoms with Gasteiger partial charge in [0.1, 0.15) is 11.5 Å². The topological polar surface area (TPSA) is 88.9 Å². The SMILES string of the molecule is CCNC(=O)c1ccc(-n2nnc(C(=O)NC3CC3)c2/C=C/c2cccc(F)c2)cc1. The largest absolute Gasteiger partial charge is 0.352 e. The van der Waals surface area contributed by atoms with Crippen LogP contribution in [0, 0.1) is 5.82 Å². The van der Waals surface area contributed by atoms with Gasteiger partial charge in [0.25, 0.3) is 11.8 Å². The first-order chi connectivity index (χ1) is 15.0. The molecule has 0 spiro atoms. The van der Waals surface area contributed by atoms with Gasteiger partial charge in [0.05, 0.1) is 5.69 Å². The Morgan fingerprint density at radius 1 is 1.13 bits per heavy atom. The van der Waals surface area contributed by atoms with Gasteiger partial charge in [0, 0.05) is 18.2 Å². The molecule has 1 aliphatic rings. The Balaban J connectivity index is 1.69. The van der Waals surface area contributed by atoms with E-state index in [0.717, 1.165) is 12.8 Å². The van der Waals surface area contributed by atoms with Crippen LogP contribution in [0.4, 0.5) is 4.39 Å². The molecule has 4 rings (SSSR count). The van der Waals surface area contributed by atoms with Gasteiger partial charge in [0.15, 0.2) is 5.69 Å². The van der Waals surface area contributed by atoms with Crippen LogP contribution in [0.15, 0.2) is 48.5 Å². The van der Waals surface area contributed by atoms with E-state index in [1.165, 1.54) is 16.8 Å². The zero-order chi connectivity index (χ0) is 21.8. The number of nitrogens with zero attached hydrogens (tertiary/aromatic N) is 3. The molecule has 7 nitrogen and oxygen atoms in total. The van der Waals surface area contributed by atoms with Crippen molar-refractivity contribution in [2.45, 2.75) is 25.8 Å². The summed E-state index contributed by atoms with van der Waals surface area (Å²) in [6, 6.07) is 13.2. The predicted molar refractivity (Wildman–Crippen MR) is 115 cm³/mol. The third-order valence-electron chi connectivity index (χ3n) is 4.83. The van der Waals surface area contributed by atoms with Gasteiger partial charge in [-0.25, -0.2) is 9.07 Å². The Hall–Kier alpha value is -3.81. The number of rotatable bonds is 7. The number of benzene rings is 2. The molecular formula is C23H22FN5O2. The Kier molecular flexibility index (Phi) is 5.88. The van der Waals surface area contributed by atoms with Crippen LogP contribution in [-0.4, -0.2) is 39.4 Å². The molecule has 0 saturated heterocycles. The van der Waals surface area contributed by atoms with Crippen LogP contribution < -0.4 is 10.6 Å². The Labute approximate surface area is 179 Å². The van der Waals surface area contributed by atoms with Crippen molar-refractivity contribution in [3.05, 3.63) is 76.9 Å². The van der Waals surface area contributed by atoms with Crippen molar-refractivity contribution in [2.75, 3.05) is 6.54 Å². The van der Waals surface area contributed by atoms with Crippen molar-refractivity contribution in [1.29, 1.82) is 0 Å². The first-order valence-corrected chi connectivity index (χ1v) is 10.1. The van der Waals surface area contributed by atoms with E-state index in [1.54, 1.807) is 48.6 Å². The summed E-state index contributed by atoms with van der Waals surface area (Å²) in [5.74, 6) is -0.809. The van der Waals surface area contributed by atoms with Crippen molar-refractivity contribution in [1.82, 2.24) is 25.6 Å². The zero-order valence-corrected chi connectivity index (χ0v) is 17.0. The van der Waals surface area contributed by atoms with E-state index in [0.29, 0.717) is 29.1 Å². The van der Waals surface area contributed by atoms with Crippen LogP contribution >= 0.6 is 0 Å². The fourth-order valence-corrected chi connectivity index (χ4v) is 3.07. The van der Waals surface area contributed by atoms with Gasteiger partial charge in [-0.05, 0) is 67.8 Å². The summed E-state index contributed by atoms with van der Waals surface area (Å²) in [4.78, 5) is 24.7. The molecular weight excluding hydrogens is 397 g/mol. The van der Waals surface area contributed by atoms with Crippen molar-refractivity contribution >= 4 is 24.0 Å². The van der Waals surface area contributed by atoms with E-state index in [2.05, 4.69) is 20.9 Å². The van der Waals surface area contributed by atoms with E-state index in [-0.39, 0.29) is 29.4 Å². The normalized spacial score (nSPS) is 13.4. The highest BCUT2D eigenvalue weighted by Gasteiger charge is 2.27. The summed E-state index contributed by atoms with van der Waals surface area (Å²) < 4.78 is 15.1. The summed E-state index contributed by atoms with van der Waals surface area (Å²) in [5.41, 5.74) is 2.47. The highest BCUT2D eigenvalue weighted by atomic mass is 19.1. The highest BCUT2D eigenvalue weighted by molar-refractivity contribution is 5.97. The van der Waals surface area contributed by atoms with Gasteiger partial charge in [-0.15, -0.1) is 5.10 Å². The molecule has 2 N–H and O–H groups in total. The lowest BCUT2D eigenvalue weighted by molar-refractivity contribution is 0.0941. The number of hydrogen-bond donors (Lipinski definition) is 2. The summed E-state index contributed by atoms with van der Waals surface area (Å²) in [7, 11) is 0. The second-order valence-corrected chi connectivity index (χ2v) is 7.28. The molecule has 1 saturated carbocycles. The fraction of sp³-hybridized carbons (Fsp3) is 0.217. The second kappa shape index (κ2) is 8.91. The first kappa shape index (κ1) is 20.5. The number of carbonyl (C=O) groups excluding carboxylic acids is 2. The molecule has 0 aliphatic heterocycles. The lowest BCUT2D eigenvalue weighted by Crippen LogP contribution is -2.26. The fourth-order valence-electron chi connectivity index (χ4n) is 3.07. The Morgan fingerprint density at radius 2 is 1.90 bits per heavy atom. The molecule has 0 radical (unpaired) electrons. The van der Waals surface area contributed by atoms with Gasteiger partial charge in [0.2, 0.25) is 0 Å². The molecule has 0 bridgehead atoms. The molecule has 2 amide bonds. The van der Waals surface area contributed by atoms with Crippen LogP contribution in [0.3, 0.4) is 0 Å². The molecule has 1 aliphatic carbocycles. The molecule has 1 fully saturated rings. The number of aromatic nitrogens is 3. The van der Waals surface area contributed by atoms with E-state index in [9.17, 15) is 14.0 Å². The van der Waals surface area contributed by atoms with Crippen LogP contribution in [-0.2, 0) is 0 Å². The van der Waals surface area contributed by atoms with Gasteiger partial charge >= 0.3 is 0 Å².